The molecular weight excluding hydrogens is 420 g/mol. The Labute approximate surface area is 191 Å². The van der Waals surface area contributed by atoms with E-state index < -0.39 is 5.91 Å². The average molecular weight is 447 g/mol. The molecule has 2 amide bonds. The van der Waals surface area contributed by atoms with E-state index >= 15 is 0 Å². The van der Waals surface area contributed by atoms with Crippen molar-refractivity contribution >= 4 is 28.7 Å². The third-order valence-corrected chi connectivity index (χ3v) is 6.39. The zero-order valence-corrected chi connectivity index (χ0v) is 18.5. The molecule has 3 aromatic rings. The van der Waals surface area contributed by atoms with E-state index in [0.717, 1.165) is 36.1 Å². The number of anilines is 1. The van der Waals surface area contributed by atoms with Crippen LogP contribution < -0.4 is 10.6 Å². The van der Waals surface area contributed by atoms with Crippen LogP contribution in [0.15, 0.2) is 36.5 Å². The first-order chi connectivity index (χ1) is 16.0. The summed E-state index contributed by atoms with van der Waals surface area (Å²) in [6, 6.07) is 9.24. The third kappa shape index (κ3) is 4.11. The van der Waals surface area contributed by atoms with Gasteiger partial charge in [-0.15, -0.1) is 0 Å². The van der Waals surface area contributed by atoms with Crippen LogP contribution in [0.1, 0.15) is 44.4 Å². The summed E-state index contributed by atoms with van der Waals surface area (Å²) in [7, 11) is 0. The molecule has 2 fully saturated rings. The number of primary amides is 1. The van der Waals surface area contributed by atoms with Crippen LogP contribution in [0.5, 0.6) is 0 Å². The smallest absolute Gasteiger partial charge is 0.257 e. The number of likely N-dealkylation sites (tertiary alicyclic amines) is 1. The van der Waals surface area contributed by atoms with E-state index in [4.69, 9.17) is 15.5 Å². The van der Waals surface area contributed by atoms with Crippen molar-refractivity contribution in [2.24, 2.45) is 5.73 Å². The normalized spacial score (nSPS) is 18.6. The molecule has 1 atom stereocenters. The molecule has 9 nitrogen and oxygen atoms in total. The standard InChI is InChI=1S/C24H26N6O3/c1-15-19(13-26-24(27-15)29-8-10-33-11-9-29)23(32)30-7-6-16(14-30)21-12-18(22(25)31)17-4-2-3-5-20(17)28-21/h2-5,12-13,16H,6-11,14H2,1H3,(H2,25,31). The topological polar surface area (TPSA) is 115 Å². The van der Waals surface area contributed by atoms with Crippen LogP contribution in [0.4, 0.5) is 5.95 Å². The first-order valence-electron chi connectivity index (χ1n) is 11.2. The summed E-state index contributed by atoms with van der Waals surface area (Å²) in [5, 5.41) is 0.743. The molecule has 170 valence electrons. The van der Waals surface area contributed by atoms with Crippen LogP contribution in [0, 0.1) is 6.92 Å². The monoisotopic (exact) mass is 446 g/mol. The van der Waals surface area contributed by atoms with Gasteiger partial charge in [0, 0.05) is 49.4 Å². The van der Waals surface area contributed by atoms with Crippen LogP contribution in [0.2, 0.25) is 0 Å². The van der Waals surface area contributed by atoms with Crippen molar-refractivity contribution in [3.63, 3.8) is 0 Å². The fourth-order valence-corrected chi connectivity index (χ4v) is 4.55. The van der Waals surface area contributed by atoms with E-state index in [9.17, 15) is 9.59 Å². The van der Waals surface area contributed by atoms with Crippen molar-refractivity contribution in [2.45, 2.75) is 19.3 Å². The number of aromatic nitrogens is 3. The summed E-state index contributed by atoms with van der Waals surface area (Å²) >= 11 is 0. The Morgan fingerprint density at radius 1 is 1.09 bits per heavy atom. The number of ether oxygens (including phenoxy) is 1. The predicted molar refractivity (Wildman–Crippen MR) is 123 cm³/mol. The molecule has 1 aromatic carbocycles. The molecule has 9 heteroatoms. The van der Waals surface area contributed by atoms with Crippen LogP contribution in [-0.4, -0.2) is 71.1 Å². The summed E-state index contributed by atoms with van der Waals surface area (Å²) in [6.07, 6.45) is 2.39. The summed E-state index contributed by atoms with van der Waals surface area (Å²) in [5.41, 5.74) is 8.78. The molecule has 4 heterocycles. The van der Waals surface area contributed by atoms with Gasteiger partial charge >= 0.3 is 0 Å². The largest absolute Gasteiger partial charge is 0.378 e. The van der Waals surface area contributed by atoms with Gasteiger partial charge in [0.2, 0.25) is 11.9 Å². The van der Waals surface area contributed by atoms with Gasteiger partial charge in [-0.3, -0.25) is 14.6 Å². The number of amides is 2. The molecule has 0 aliphatic carbocycles. The Hall–Kier alpha value is -3.59. The molecule has 2 saturated heterocycles. The minimum atomic E-state index is -0.478. The summed E-state index contributed by atoms with van der Waals surface area (Å²) < 4.78 is 5.38. The maximum Gasteiger partial charge on any atom is 0.257 e. The van der Waals surface area contributed by atoms with Crippen LogP contribution in [0.3, 0.4) is 0 Å². The number of rotatable bonds is 4. The number of morpholine rings is 1. The number of fused-ring (bicyclic) bond motifs is 1. The SMILES string of the molecule is Cc1nc(N2CCOCC2)ncc1C(=O)N1CCC(c2cc(C(N)=O)c3ccccc3n2)C1. The molecule has 0 bridgehead atoms. The van der Waals surface area contributed by atoms with Crippen LogP contribution in [0.25, 0.3) is 10.9 Å². The van der Waals surface area contributed by atoms with Gasteiger partial charge in [-0.25, -0.2) is 9.97 Å². The number of carbonyl (C=O) groups excluding carboxylic acids is 2. The third-order valence-electron chi connectivity index (χ3n) is 6.39. The van der Waals surface area contributed by atoms with Crippen molar-refractivity contribution in [1.29, 1.82) is 0 Å². The highest BCUT2D eigenvalue weighted by molar-refractivity contribution is 6.05. The minimum Gasteiger partial charge on any atom is -0.378 e. The average Bonchev–Trinajstić information content (AvgIpc) is 3.34. The zero-order chi connectivity index (χ0) is 22.9. The number of nitrogens with two attached hydrogens (primary N) is 1. The lowest BCUT2D eigenvalue weighted by atomic mass is 9.99. The molecule has 0 saturated carbocycles. The van der Waals surface area contributed by atoms with E-state index in [2.05, 4.69) is 14.9 Å². The number of benzene rings is 1. The molecule has 2 N–H and O–H groups in total. The summed E-state index contributed by atoms with van der Waals surface area (Å²) in [4.78, 5) is 42.9. The number of aryl methyl sites for hydroxylation is 1. The second-order valence-electron chi connectivity index (χ2n) is 8.48. The van der Waals surface area contributed by atoms with E-state index in [0.29, 0.717) is 49.1 Å². The summed E-state index contributed by atoms with van der Waals surface area (Å²) in [5.74, 6) is 0.102. The van der Waals surface area contributed by atoms with Crippen molar-refractivity contribution in [3.05, 3.63) is 59.0 Å². The maximum atomic E-state index is 13.2. The lowest BCUT2D eigenvalue weighted by Crippen LogP contribution is -2.37. The highest BCUT2D eigenvalue weighted by Gasteiger charge is 2.31. The number of carbonyl (C=O) groups is 2. The molecule has 0 spiro atoms. The zero-order valence-electron chi connectivity index (χ0n) is 18.5. The second kappa shape index (κ2) is 8.74. The molecule has 2 aliphatic heterocycles. The van der Waals surface area contributed by atoms with Crippen LogP contribution >= 0.6 is 0 Å². The van der Waals surface area contributed by atoms with E-state index in [-0.39, 0.29) is 11.8 Å². The number of hydrogen-bond donors (Lipinski definition) is 1. The predicted octanol–water partition coefficient (Wildman–Crippen LogP) is 1.90. The molecule has 2 aromatic heterocycles. The fourth-order valence-electron chi connectivity index (χ4n) is 4.55. The first kappa shape index (κ1) is 21.3. The molecule has 5 rings (SSSR count). The number of hydrogen-bond acceptors (Lipinski definition) is 7. The fraction of sp³-hybridized carbons (Fsp3) is 0.375. The molecular formula is C24H26N6O3. The minimum absolute atomic E-state index is 0.0329. The number of pyridine rings is 1. The number of nitrogens with zero attached hydrogens (tertiary/aromatic N) is 5. The molecule has 0 radical (unpaired) electrons. The van der Waals surface area contributed by atoms with E-state index in [1.165, 1.54) is 0 Å². The van der Waals surface area contributed by atoms with Gasteiger partial charge in [-0.05, 0) is 25.5 Å². The quantitative estimate of drug-likeness (QED) is 0.651. The molecule has 33 heavy (non-hydrogen) atoms. The van der Waals surface area contributed by atoms with Crippen LogP contribution in [-0.2, 0) is 4.74 Å². The Kier molecular flexibility index (Phi) is 5.63. The van der Waals surface area contributed by atoms with E-state index in [1.807, 2.05) is 36.1 Å². The highest BCUT2D eigenvalue weighted by atomic mass is 16.5. The van der Waals surface area contributed by atoms with Gasteiger partial charge in [-0.1, -0.05) is 18.2 Å². The number of para-hydroxylation sites is 1. The van der Waals surface area contributed by atoms with Gasteiger partial charge in [0.1, 0.15) is 0 Å². The molecule has 1 unspecified atom stereocenters. The lowest BCUT2D eigenvalue weighted by Gasteiger charge is -2.27. The highest BCUT2D eigenvalue weighted by Crippen LogP contribution is 2.30. The first-order valence-corrected chi connectivity index (χ1v) is 11.2. The van der Waals surface area contributed by atoms with Crippen molar-refractivity contribution < 1.29 is 14.3 Å². The van der Waals surface area contributed by atoms with E-state index in [1.54, 1.807) is 12.3 Å². The van der Waals surface area contributed by atoms with Gasteiger partial charge in [0.25, 0.3) is 5.91 Å². The van der Waals surface area contributed by atoms with Crippen molar-refractivity contribution in [1.82, 2.24) is 19.9 Å². The molecule has 2 aliphatic rings. The Bertz CT molecular complexity index is 1220. The maximum absolute atomic E-state index is 13.2. The van der Waals surface area contributed by atoms with Crippen molar-refractivity contribution in [3.8, 4) is 0 Å². The summed E-state index contributed by atoms with van der Waals surface area (Å²) in [6.45, 7) is 5.76. The Morgan fingerprint density at radius 3 is 2.64 bits per heavy atom. The Balaban J connectivity index is 1.35. The van der Waals surface area contributed by atoms with Gasteiger partial charge in [0.05, 0.1) is 35.6 Å². The lowest BCUT2D eigenvalue weighted by molar-refractivity contribution is 0.0788. The van der Waals surface area contributed by atoms with Crippen molar-refractivity contribution in [2.75, 3.05) is 44.3 Å². The van der Waals surface area contributed by atoms with Gasteiger partial charge in [0.15, 0.2) is 0 Å². The Morgan fingerprint density at radius 2 is 1.88 bits per heavy atom. The second-order valence-corrected chi connectivity index (χ2v) is 8.48. The van der Waals surface area contributed by atoms with Gasteiger partial charge < -0.3 is 20.3 Å². The van der Waals surface area contributed by atoms with Gasteiger partial charge in [-0.2, -0.15) is 0 Å².